The molecular formula is C27H38O4. The van der Waals surface area contributed by atoms with Gasteiger partial charge in [-0.1, -0.05) is 62.6 Å². The normalized spacial score (nSPS) is 11.6. The first kappa shape index (κ1) is 26.4. The molecule has 0 aliphatic heterocycles. The summed E-state index contributed by atoms with van der Waals surface area (Å²) in [7, 11) is 0. The molecule has 0 N–H and O–H groups in total. The van der Waals surface area contributed by atoms with Crippen LogP contribution >= 0.6 is 0 Å². The molecule has 0 aromatic heterocycles. The van der Waals surface area contributed by atoms with Crippen LogP contribution in [0.15, 0.2) is 54.7 Å². The molecule has 4 nitrogen and oxygen atoms in total. The van der Waals surface area contributed by atoms with Crippen LogP contribution in [-0.2, 0) is 16.0 Å². The highest BCUT2D eigenvalue weighted by atomic mass is 16.5. The molecule has 0 bridgehead atoms. The minimum Gasteiger partial charge on any atom is -0.427 e. The van der Waals surface area contributed by atoms with E-state index in [2.05, 4.69) is 43.4 Å². The van der Waals surface area contributed by atoms with E-state index in [1.807, 2.05) is 12.1 Å². The van der Waals surface area contributed by atoms with Crippen LogP contribution < -0.4 is 9.47 Å². The van der Waals surface area contributed by atoms with Gasteiger partial charge >= 0.3 is 11.9 Å². The van der Waals surface area contributed by atoms with E-state index in [1.165, 1.54) is 33.1 Å². The molecule has 0 amide bonds. The van der Waals surface area contributed by atoms with E-state index in [-0.39, 0.29) is 11.9 Å². The Morgan fingerprint density at radius 2 is 1.23 bits per heavy atom. The van der Waals surface area contributed by atoms with Crippen molar-refractivity contribution in [1.82, 2.24) is 0 Å². The lowest BCUT2D eigenvalue weighted by Crippen LogP contribution is -2.05. The van der Waals surface area contributed by atoms with E-state index < -0.39 is 0 Å². The average molecular weight is 427 g/mol. The van der Waals surface area contributed by atoms with Gasteiger partial charge in [0, 0.05) is 19.9 Å². The number of carbonyl (C=O) groups is 2. The molecule has 31 heavy (non-hydrogen) atoms. The lowest BCUT2D eigenvalue weighted by molar-refractivity contribution is -0.132. The Labute approximate surface area is 188 Å². The van der Waals surface area contributed by atoms with Gasteiger partial charge in [0.15, 0.2) is 0 Å². The molecule has 4 heteroatoms. The van der Waals surface area contributed by atoms with Crippen molar-refractivity contribution in [1.29, 1.82) is 0 Å². The van der Waals surface area contributed by atoms with E-state index in [0.717, 1.165) is 50.5 Å². The zero-order valence-corrected chi connectivity index (χ0v) is 19.4. The number of esters is 2. The lowest BCUT2D eigenvalue weighted by Gasteiger charge is -2.09. The Morgan fingerprint density at radius 3 is 1.81 bits per heavy atom. The number of unbranched alkanes of at least 4 members (excludes halogenated alkanes) is 5. The molecule has 0 atom stereocenters. The van der Waals surface area contributed by atoms with Crippen molar-refractivity contribution in [3.63, 3.8) is 0 Å². The first-order chi connectivity index (χ1) is 15.0. The van der Waals surface area contributed by atoms with Crippen molar-refractivity contribution in [2.45, 2.75) is 85.0 Å². The molecule has 0 aliphatic rings. The van der Waals surface area contributed by atoms with Gasteiger partial charge in [-0.15, -0.1) is 0 Å². The van der Waals surface area contributed by atoms with Gasteiger partial charge in [0.05, 0.1) is 0 Å². The van der Waals surface area contributed by atoms with Gasteiger partial charge in [-0.05, 0) is 62.6 Å². The average Bonchev–Trinajstić information content (AvgIpc) is 2.69. The zero-order valence-electron chi connectivity index (χ0n) is 19.4. The topological polar surface area (TPSA) is 52.6 Å². The van der Waals surface area contributed by atoms with Crippen LogP contribution in [0, 0.1) is 0 Å². The van der Waals surface area contributed by atoms with E-state index in [1.54, 1.807) is 6.07 Å². The van der Waals surface area contributed by atoms with Gasteiger partial charge in [0.1, 0.15) is 11.5 Å². The van der Waals surface area contributed by atoms with Gasteiger partial charge in [-0.2, -0.15) is 0 Å². The fourth-order valence-electron chi connectivity index (χ4n) is 3.17. The monoisotopic (exact) mass is 426 g/mol. The van der Waals surface area contributed by atoms with Crippen molar-refractivity contribution in [3.8, 4) is 11.5 Å². The zero-order chi connectivity index (χ0) is 22.7. The second-order valence-corrected chi connectivity index (χ2v) is 7.60. The summed E-state index contributed by atoms with van der Waals surface area (Å²) in [6.45, 7) is 4.87. The van der Waals surface area contributed by atoms with Crippen LogP contribution in [0.2, 0.25) is 0 Å². The highest BCUT2D eigenvalue weighted by molar-refractivity contribution is 5.71. The second kappa shape index (κ2) is 17.1. The summed E-state index contributed by atoms with van der Waals surface area (Å²) in [5, 5.41) is 0. The molecule has 0 saturated heterocycles. The minimum atomic E-state index is -0.389. The fraction of sp³-hybridized carbons (Fsp3) is 0.481. The number of allylic oxidation sites excluding steroid dienone is 6. The Kier molecular flexibility index (Phi) is 14.6. The minimum absolute atomic E-state index is 0.389. The Morgan fingerprint density at radius 1 is 0.710 bits per heavy atom. The molecule has 0 aliphatic carbocycles. The summed E-state index contributed by atoms with van der Waals surface area (Å²) in [5.41, 5.74) is 1.01. The van der Waals surface area contributed by atoms with Crippen LogP contribution in [0.4, 0.5) is 0 Å². The number of hydrogen-bond donors (Lipinski definition) is 0. The van der Waals surface area contributed by atoms with Crippen molar-refractivity contribution >= 4 is 11.9 Å². The fourth-order valence-corrected chi connectivity index (χ4v) is 3.17. The quantitative estimate of drug-likeness (QED) is 0.128. The largest absolute Gasteiger partial charge is 0.427 e. The van der Waals surface area contributed by atoms with Gasteiger partial charge in [-0.25, -0.2) is 0 Å². The Balaban J connectivity index is 2.21. The SMILES string of the molecule is CCC=CCC=CCC=CCCCCCCCc1cc(OC(C)=O)cc(OC(C)=O)c1. The van der Waals surface area contributed by atoms with Crippen LogP contribution in [0.1, 0.15) is 84.1 Å². The van der Waals surface area contributed by atoms with E-state index in [4.69, 9.17) is 9.47 Å². The predicted octanol–water partition coefficient (Wildman–Crippen LogP) is 7.28. The molecule has 170 valence electrons. The van der Waals surface area contributed by atoms with Crippen molar-refractivity contribution in [2.75, 3.05) is 0 Å². The number of rotatable bonds is 15. The summed E-state index contributed by atoms with van der Waals surface area (Å²) in [4.78, 5) is 22.5. The summed E-state index contributed by atoms with van der Waals surface area (Å²) in [6.07, 6.45) is 24.4. The summed E-state index contributed by atoms with van der Waals surface area (Å²) >= 11 is 0. The Hall–Kier alpha value is -2.62. The first-order valence-corrected chi connectivity index (χ1v) is 11.5. The summed E-state index contributed by atoms with van der Waals surface area (Å²) in [5.74, 6) is 0.0564. The summed E-state index contributed by atoms with van der Waals surface area (Å²) < 4.78 is 10.3. The highest BCUT2D eigenvalue weighted by Gasteiger charge is 2.07. The maximum atomic E-state index is 11.2. The molecule has 1 rings (SSSR count). The van der Waals surface area contributed by atoms with Gasteiger partial charge < -0.3 is 9.47 Å². The van der Waals surface area contributed by atoms with Crippen LogP contribution in [0.25, 0.3) is 0 Å². The van der Waals surface area contributed by atoms with Gasteiger partial charge in [0.2, 0.25) is 0 Å². The third-order valence-electron chi connectivity index (χ3n) is 4.58. The van der Waals surface area contributed by atoms with E-state index in [0.29, 0.717) is 11.5 Å². The number of benzene rings is 1. The lowest BCUT2D eigenvalue weighted by atomic mass is 10.0. The Bertz CT molecular complexity index is 709. The van der Waals surface area contributed by atoms with E-state index in [9.17, 15) is 9.59 Å². The maximum Gasteiger partial charge on any atom is 0.308 e. The molecule has 1 aromatic carbocycles. The van der Waals surface area contributed by atoms with Crippen LogP contribution in [-0.4, -0.2) is 11.9 Å². The molecular weight excluding hydrogens is 388 g/mol. The number of hydrogen-bond acceptors (Lipinski definition) is 4. The molecule has 0 unspecified atom stereocenters. The van der Waals surface area contributed by atoms with Gasteiger partial charge in [-0.3, -0.25) is 9.59 Å². The first-order valence-electron chi connectivity index (χ1n) is 11.5. The molecule has 1 aromatic rings. The van der Waals surface area contributed by atoms with Crippen molar-refractivity contribution in [2.24, 2.45) is 0 Å². The number of aryl methyl sites for hydroxylation is 1. The standard InChI is InChI=1S/C27H38O4/c1-4-5-6-7-8-9-10-11-12-13-14-15-16-17-18-19-25-20-26(30-23(2)28)22-27(21-25)31-24(3)29/h5-6,8-9,11-12,20-22H,4,7,10,13-19H2,1-3H3. The highest BCUT2D eigenvalue weighted by Crippen LogP contribution is 2.25. The molecule has 0 radical (unpaired) electrons. The molecule has 0 fully saturated rings. The summed E-state index contributed by atoms with van der Waals surface area (Å²) in [6, 6.07) is 5.25. The van der Waals surface area contributed by atoms with Crippen LogP contribution in [0.3, 0.4) is 0 Å². The smallest absolute Gasteiger partial charge is 0.308 e. The third-order valence-corrected chi connectivity index (χ3v) is 4.58. The van der Waals surface area contributed by atoms with Crippen molar-refractivity contribution < 1.29 is 19.1 Å². The van der Waals surface area contributed by atoms with Gasteiger partial charge in [0.25, 0.3) is 0 Å². The maximum absolute atomic E-state index is 11.2. The number of carbonyl (C=O) groups excluding carboxylic acids is 2. The predicted molar refractivity (Wildman–Crippen MR) is 127 cm³/mol. The molecule has 0 saturated carbocycles. The molecule has 0 heterocycles. The molecule has 0 spiro atoms. The second-order valence-electron chi connectivity index (χ2n) is 7.60. The van der Waals surface area contributed by atoms with Crippen LogP contribution in [0.5, 0.6) is 11.5 Å². The van der Waals surface area contributed by atoms with E-state index >= 15 is 0 Å². The number of ether oxygens (including phenoxy) is 2. The van der Waals surface area contributed by atoms with Crippen molar-refractivity contribution in [3.05, 3.63) is 60.2 Å². The third kappa shape index (κ3) is 14.9.